The molecule has 146 valence electrons. The van der Waals surface area contributed by atoms with E-state index in [0.717, 1.165) is 30.1 Å². The fourth-order valence-corrected chi connectivity index (χ4v) is 3.29. The summed E-state index contributed by atoms with van der Waals surface area (Å²) in [5, 5.41) is 20.5. The molecule has 0 aliphatic heterocycles. The lowest BCUT2D eigenvalue weighted by Crippen LogP contribution is -2.28. The number of nitrogens with two attached hydrogens (primary N) is 1. The number of aliphatic hydroxyl groups is 2. The van der Waals surface area contributed by atoms with Gasteiger partial charge in [0.05, 0.1) is 6.61 Å². The first-order chi connectivity index (χ1) is 13.6. The number of fused-ring (bicyclic) bond motifs is 1. The normalized spacial score (nSPS) is 12.0. The van der Waals surface area contributed by atoms with Crippen molar-refractivity contribution in [2.45, 2.75) is 13.0 Å². The van der Waals surface area contributed by atoms with Crippen LogP contribution in [0.4, 0.5) is 0 Å². The number of para-hydroxylation sites is 1. The zero-order valence-electron chi connectivity index (χ0n) is 15.6. The van der Waals surface area contributed by atoms with Crippen molar-refractivity contribution >= 4 is 22.6 Å². The summed E-state index contributed by atoms with van der Waals surface area (Å²) in [5.74, 6) is -0.835. The molecule has 0 unspecified atom stereocenters. The number of hydrogen-bond acceptors (Lipinski definition) is 4. The largest absolute Gasteiger partial charge is 0.507 e. The van der Waals surface area contributed by atoms with Gasteiger partial charge in [0.15, 0.2) is 0 Å². The van der Waals surface area contributed by atoms with Gasteiger partial charge in [-0.3, -0.25) is 9.69 Å². The van der Waals surface area contributed by atoms with E-state index in [9.17, 15) is 15.0 Å². The molecule has 0 bridgehead atoms. The molecule has 5 N–H and O–H groups in total. The predicted molar refractivity (Wildman–Crippen MR) is 111 cm³/mol. The Morgan fingerprint density at radius 2 is 1.86 bits per heavy atom. The van der Waals surface area contributed by atoms with Gasteiger partial charge in [0.2, 0.25) is 5.91 Å². The van der Waals surface area contributed by atoms with Crippen molar-refractivity contribution < 1.29 is 15.0 Å². The first-order valence-corrected chi connectivity index (χ1v) is 9.24. The molecule has 1 aromatic heterocycles. The van der Waals surface area contributed by atoms with Crippen LogP contribution in [0.25, 0.3) is 16.7 Å². The zero-order chi connectivity index (χ0) is 19.9. The average molecular weight is 379 g/mol. The van der Waals surface area contributed by atoms with Crippen LogP contribution in [0, 0.1) is 0 Å². The molecule has 0 radical (unpaired) electrons. The summed E-state index contributed by atoms with van der Waals surface area (Å²) < 4.78 is 0. The molecule has 0 spiro atoms. The summed E-state index contributed by atoms with van der Waals surface area (Å²) in [4.78, 5) is 16.4. The number of carbonyl (C=O) groups excluding carboxylic acids is 1. The molecule has 0 aliphatic rings. The van der Waals surface area contributed by atoms with E-state index < -0.39 is 5.91 Å². The Kier molecular flexibility index (Phi) is 6.47. The minimum Gasteiger partial charge on any atom is -0.507 e. The Balaban J connectivity index is 1.65. The third kappa shape index (κ3) is 5.00. The number of benzene rings is 2. The van der Waals surface area contributed by atoms with Crippen molar-refractivity contribution in [3.05, 3.63) is 77.5 Å². The van der Waals surface area contributed by atoms with Crippen molar-refractivity contribution in [1.82, 2.24) is 9.88 Å². The Bertz CT molecular complexity index is 961. The highest BCUT2D eigenvalue weighted by Crippen LogP contribution is 2.19. The minimum atomic E-state index is -0.687. The number of amides is 1. The molecule has 0 saturated carbocycles. The third-order valence-corrected chi connectivity index (χ3v) is 4.72. The molecule has 6 nitrogen and oxygen atoms in total. The Labute approximate surface area is 163 Å². The van der Waals surface area contributed by atoms with E-state index in [2.05, 4.69) is 22.0 Å². The lowest BCUT2D eigenvalue weighted by molar-refractivity contribution is -0.113. The maximum Gasteiger partial charge on any atom is 0.245 e. The molecular formula is C22H25N3O3. The van der Waals surface area contributed by atoms with Gasteiger partial charge < -0.3 is 20.9 Å². The highest BCUT2D eigenvalue weighted by molar-refractivity contribution is 5.92. The highest BCUT2D eigenvalue weighted by atomic mass is 16.3. The van der Waals surface area contributed by atoms with Crippen molar-refractivity contribution in [2.24, 2.45) is 5.73 Å². The van der Waals surface area contributed by atoms with E-state index in [0.29, 0.717) is 18.7 Å². The van der Waals surface area contributed by atoms with Crippen LogP contribution in [0.2, 0.25) is 0 Å². The maximum atomic E-state index is 10.9. The zero-order valence-corrected chi connectivity index (χ0v) is 15.6. The van der Waals surface area contributed by atoms with E-state index in [1.54, 1.807) is 12.1 Å². The van der Waals surface area contributed by atoms with E-state index in [1.807, 2.05) is 30.5 Å². The van der Waals surface area contributed by atoms with Gasteiger partial charge in [-0.25, -0.2) is 0 Å². The van der Waals surface area contributed by atoms with E-state index >= 15 is 0 Å². The van der Waals surface area contributed by atoms with Crippen LogP contribution in [-0.2, 0) is 17.8 Å². The molecule has 3 aromatic rings. The third-order valence-electron chi connectivity index (χ3n) is 4.72. The lowest BCUT2D eigenvalue weighted by Gasteiger charge is -2.21. The number of hydrogen-bond donors (Lipinski definition) is 4. The first-order valence-electron chi connectivity index (χ1n) is 9.24. The summed E-state index contributed by atoms with van der Waals surface area (Å²) in [7, 11) is 0. The van der Waals surface area contributed by atoms with Crippen LogP contribution in [0.3, 0.4) is 0 Å². The van der Waals surface area contributed by atoms with Crippen LogP contribution in [-0.4, -0.2) is 45.7 Å². The van der Waals surface area contributed by atoms with Gasteiger partial charge in [0.25, 0.3) is 0 Å². The molecule has 28 heavy (non-hydrogen) atoms. The summed E-state index contributed by atoms with van der Waals surface area (Å²) in [5.41, 5.74) is 9.05. The number of primary amides is 1. The fourth-order valence-electron chi connectivity index (χ4n) is 3.29. The van der Waals surface area contributed by atoms with E-state index in [-0.39, 0.29) is 12.4 Å². The second-order valence-corrected chi connectivity index (χ2v) is 6.74. The molecule has 6 heteroatoms. The van der Waals surface area contributed by atoms with Gasteiger partial charge in [-0.15, -0.1) is 0 Å². The number of aromatic nitrogens is 1. The Morgan fingerprint density at radius 1 is 1.11 bits per heavy atom. The number of H-pyrrole nitrogens is 1. The van der Waals surface area contributed by atoms with Crippen molar-refractivity contribution in [2.75, 3.05) is 19.7 Å². The molecule has 1 heterocycles. The summed E-state index contributed by atoms with van der Waals surface area (Å²) in [6.07, 6.45) is 3.92. The van der Waals surface area contributed by atoms with Gasteiger partial charge in [0, 0.05) is 48.4 Å². The molecule has 3 rings (SSSR count). The van der Waals surface area contributed by atoms with Gasteiger partial charge in [-0.05, 0) is 23.6 Å². The average Bonchev–Trinajstić information content (AvgIpc) is 3.09. The fraction of sp³-hybridized carbons (Fsp3) is 0.227. The Hall–Kier alpha value is -3.09. The number of nitrogens with one attached hydrogen (secondary N) is 1. The van der Waals surface area contributed by atoms with Crippen molar-refractivity contribution in [3.8, 4) is 0 Å². The van der Waals surface area contributed by atoms with Crippen molar-refractivity contribution in [3.63, 3.8) is 0 Å². The molecule has 0 saturated heterocycles. The van der Waals surface area contributed by atoms with Crippen LogP contribution in [0.5, 0.6) is 0 Å². The van der Waals surface area contributed by atoms with Crippen LogP contribution in [0.15, 0.2) is 60.8 Å². The second kappa shape index (κ2) is 9.21. The quantitative estimate of drug-likeness (QED) is 0.339. The van der Waals surface area contributed by atoms with Crippen LogP contribution >= 0.6 is 0 Å². The van der Waals surface area contributed by atoms with E-state index in [1.165, 1.54) is 10.9 Å². The van der Waals surface area contributed by atoms with Gasteiger partial charge in [-0.2, -0.15) is 0 Å². The standard InChI is InChI=1S/C22H25N3O3/c23-22(28)13-21(27)17-7-5-16(6-8-17)15-25(11-12-26)10-9-18-14-24-20-4-2-1-3-19(18)20/h1-8,13-14,24,26-27H,9-12,15H2,(H2,23,28)/b21-13-. The number of nitrogens with zero attached hydrogens (tertiary/aromatic N) is 1. The molecule has 2 aromatic carbocycles. The Morgan fingerprint density at radius 3 is 2.57 bits per heavy atom. The van der Waals surface area contributed by atoms with Crippen LogP contribution in [0.1, 0.15) is 16.7 Å². The smallest absolute Gasteiger partial charge is 0.245 e. The molecule has 0 aliphatic carbocycles. The van der Waals surface area contributed by atoms with Crippen molar-refractivity contribution in [1.29, 1.82) is 0 Å². The van der Waals surface area contributed by atoms with Crippen LogP contribution < -0.4 is 5.73 Å². The number of aliphatic hydroxyl groups excluding tert-OH is 2. The number of aromatic amines is 1. The maximum absolute atomic E-state index is 10.9. The second-order valence-electron chi connectivity index (χ2n) is 6.74. The summed E-state index contributed by atoms with van der Waals surface area (Å²) in [6.45, 7) is 2.17. The van der Waals surface area contributed by atoms with Gasteiger partial charge in [0.1, 0.15) is 5.76 Å². The highest BCUT2D eigenvalue weighted by Gasteiger charge is 2.09. The lowest BCUT2D eigenvalue weighted by atomic mass is 10.1. The minimum absolute atomic E-state index is 0.0914. The van der Waals surface area contributed by atoms with Gasteiger partial charge in [-0.1, -0.05) is 42.5 Å². The molecule has 0 fully saturated rings. The summed E-state index contributed by atoms with van der Waals surface area (Å²) in [6, 6.07) is 15.5. The van der Waals surface area contributed by atoms with E-state index in [4.69, 9.17) is 5.73 Å². The van der Waals surface area contributed by atoms with Gasteiger partial charge >= 0.3 is 0 Å². The predicted octanol–water partition coefficient (Wildman–Crippen LogP) is 2.59. The summed E-state index contributed by atoms with van der Waals surface area (Å²) >= 11 is 0. The first kappa shape index (κ1) is 19.7. The number of carbonyl (C=O) groups is 1. The molecular weight excluding hydrogens is 354 g/mol. The molecule has 1 amide bonds. The number of rotatable bonds is 9. The molecule has 0 atom stereocenters. The SMILES string of the molecule is NC(=O)/C=C(\O)c1ccc(CN(CCO)CCc2c[nH]c3ccccc23)cc1. The topological polar surface area (TPSA) is 103 Å². The monoisotopic (exact) mass is 379 g/mol.